The summed E-state index contributed by atoms with van der Waals surface area (Å²) < 4.78 is -0.0184. The Hall–Kier alpha value is -1.71. The number of likely N-dealkylation sites (N-methyl/N-ethyl adjacent to an activating group) is 1. The van der Waals surface area contributed by atoms with Crippen molar-refractivity contribution in [3.05, 3.63) is 59.7 Å². The number of amides is 2. The van der Waals surface area contributed by atoms with E-state index in [1.165, 1.54) is 0 Å². The molecule has 0 aliphatic carbocycles. The van der Waals surface area contributed by atoms with E-state index in [-0.39, 0.29) is 22.6 Å². The van der Waals surface area contributed by atoms with Crippen molar-refractivity contribution < 1.29 is 9.59 Å². The van der Waals surface area contributed by atoms with Crippen molar-refractivity contribution in [1.82, 2.24) is 19.6 Å². The minimum absolute atomic E-state index is 0.0184. The highest BCUT2D eigenvalue weighted by Crippen LogP contribution is 2.42. The van der Waals surface area contributed by atoms with Gasteiger partial charge >= 0.3 is 0 Å². The maximum absolute atomic E-state index is 12.9. The standard InChI is InChI=1S/C17H23N3OS.C12H12ClNOS/c1-18-9-11-19(12-10-18)17-14-6-4-8-20(14)16(21)13-5-2-3-7-15(13)22-17;13-11-9-5-3-7-14(9)12(15)8-4-1-2-6-10(8)16-11/h2-3,5,7,14,17H,4,6,8-12H2,1H3;1-2,4,6,9,11H,3,5,7H2/t14-,17+;9-,11+/m00/s1. The summed E-state index contributed by atoms with van der Waals surface area (Å²) in [6, 6.07) is 16.5. The van der Waals surface area contributed by atoms with E-state index >= 15 is 0 Å². The summed E-state index contributed by atoms with van der Waals surface area (Å²) in [6.07, 6.45) is 4.39. The number of hydrogen-bond acceptors (Lipinski definition) is 6. The van der Waals surface area contributed by atoms with Crippen LogP contribution in [-0.2, 0) is 0 Å². The lowest BCUT2D eigenvalue weighted by atomic mass is 10.1. The molecule has 0 unspecified atom stereocenters. The number of benzene rings is 2. The zero-order valence-corrected chi connectivity index (χ0v) is 24.2. The largest absolute Gasteiger partial charge is 0.333 e. The molecular weight excluding hydrogens is 536 g/mol. The summed E-state index contributed by atoms with van der Waals surface area (Å²) in [5.74, 6) is 0.385. The lowest BCUT2D eigenvalue weighted by molar-refractivity contribution is 0.0637. The Morgan fingerprint density at radius 1 is 0.711 bits per heavy atom. The van der Waals surface area contributed by atoms with Gasteiger partial charge in [0.05, 0.1) is 28.6 Å². The SMILES string of the molecule is CN1CCN([C@@H]2Sc3ccccc3C(=O)N3CCC[C@@H]23)CC1.O=C1c2ccccc2S[C@@H](Cl)[C@@H]2CCCN12. The third-order valence-electron chi connectivity index (χ3n) is 8.37. The molecule has 0 N–H and O–H groups in total. The predicted molar refractivity (Wildman–Crippen MR) is 155 cm³/mol. The predicted octanol–water partition coefficient (Wildman–Crippen LogP) is 4.93. The number of carbonyl (C=O) groups excluding carboxylic acids is 2. The van der Waals surface area contributed by atoms with E-state index in [4.69, 9.17) is 11.6 Å². The molecule has 0 bridgehead atoms. The second-order valence-corrected chi connectivity index (χ2v) is 13.8. The molecule has 2 aromatic rings. The second kappa shape index (κ2) is 11.4. The molecule has 0 saturated carbocycles. The van der Waals surface area contributed by atoms with Crippen LogP contribution >= 0.6 is 35.1 Å². The molecule has 4 atom stereocenters. The first-order valence-electron chi connectivity index (χ1n) is 13.7. The van der Waals surface area contributed by atoms with Gasteiger partial charge in [-0.25, -0.2) is 0 Å². The molecule has 2 amide bonds. The lowest BCUT2D eigenvalue weighted by Crippen LogP contribution is -2.54. The first-order chi connectivity index (χ1) is 18.5. The lowest BCUT2D eigenvalue weighted by Gasteiger charge is -2.41. The third-order valence-corrected chi connectivity index (χ3v) is 11.5. The number of hydrogen-bond donors (Lipinski definition) is 0. The topological polar surface area (TPSA) is 47.1 Å². The summed E-state index contributed by atoms with van der Waals surface area (Å²) in [4.78, 5) is 36.5. The second-order valence-electron chi connectivity index (χ2n) is 10.7. The number of rotatable bonds is 1. The van der Waals surface area contributed by atoms with Gasteiger partial charge in [0, 0.05) is 49.1 Å². The van der Waals surface area contributed by atoms with Gasteiger partial charge in [0.25, 0.3) is 11.8 Å². The Bertz CT molecular complexity index is 1190. The van der Waals surface area contributed by atoms with Crippen molar-refractivity contribution in [1.29, 1.82) is 0 Å². The third kappa shape index (κ3) is 5.10. The summed E-state index contributed by atoms with van der Waals surface area (Å²) in [5, 5.41) is 0.406. The number of carbonyl (C=O) groups is 2. The number of nitrogens with zero attached hydrogens (tertiary/aromatic N) is 4. The van der Waals surface area contributed by atoms with E-state index in [2.05, 4.69) is 33.9 Å². The minimum Gasteiger partial charge on any atom is -0.333 e. The first-order valence-corrected chi connectivity index (χ1v) is 15.9. The van der Waals surface area contributed by atoms with Crippen LogP contribution in [0.2, 0.25) is 0 Å². The molecule has 2 aromatic carbocycles. The van der Waals surface area contributed by atoms with E-state index in [9.17, 15) is 9.59 Å². The van der Waals surface area contributed by atoms with Crippen LogP contribution < -0.4 is 0 Å². The van der Waals surface area contributed by atoms with Crippen LogP contribution in [-0.4, -0.2) is 99.9 Å². The fourth-order valence-electron chi connectivity index (χ4n) is 6.26. The molecule has 202 valence electrons. The van der Waals surface area contributed by atoms with Gasteiger partial charge in [-0.05, 0) is 57.0 Å². The molecule has 0 radical (unpaired) electrons. The van der Waals surface area contributed by atoms with Crippen LogP contribution in [0.1, 0.15) is 46.4 Å². The Labute approximate surface area is 239 Å². The smallest absolute Gasteiger partial charge is 0.255 e. The number of fused-ring (bicyclic) bond motifs is 4. The van der Waals surface area contributed by atoms with Gasteiger partial charge in [0.15, 0.2) is 0 Å². The molecule has 0 aromatic heterocycles. The number of halogens is 1. The van der Waals surface area contributed by atoms with Crippen LogP contribution in [0.4, 0.5) is 0 Å². The first kappa shape index (κ1) is 26.5. The van der Waals surface area contributed by atoms with Crippen molar-refractivity contribution in [2.45, 2.75) is 57.6 Å². The van der Waals surface area contributed by atoms with Gasteiger partial charge in [0.2, 0.25) is 0 Å². The zero-order valence-electron chi connectivity index (χ0n) is 21.8. The summed E-state index contributed by atoms with van der Waals surface area (Å²) in [7, 11) is 2.19. The van der Waals surface area contributed by atoms with Crippen LogP contribution in [0.5, 0.6) is 0 Å². The summed E-state index contributed by atoms with van der Waals surface area (Å²) in [6.45, 7) is 6.23. The van der Waals surface area contributed by atoms with Gasteiger partial charge in [-0.1, -0.05) is 24.3 Å². The maximum Gasteiger partial charge on any atom is 0.255 e. The van der Waals surface area contributed by atoms with E-state index in [0.717, 1.165) is 85.9 Å². The van der Waals surface area contributed by atoms with Crippen molar-refractivity contribution in [3.63, 3.8) is 0 Å². The fraction of sp³-hybridized carbons (Fsp3) is 0.517. The van der Waals surface area contributed by atoms with Crippen molar-refractivity contribution in [2.75, 3.05) is 46.3 Å². The monoisotopic (exact) mass is 570 g/mol. The Kier molecular flexibility index (Phi) is 7.96. The van der Waals surface area contributed by atoms with Gasteiger partial charge in [-0.2, -0.15) is 0 Å². The molecule has 0 spiro atoms. The molecule has 5 aliphatic rings. The molecule has 3 fully saturated rings. The van der Waals surface area contributed by atoms with Crippen LogP contribution in [0, 0.1) is 0 Å². The Morgan fingerprint density at radius 2 is 1.24 bits per heavy atom. The highest BCUT2D eigenvalue weighted by Gasteiger charge is 2.42. The number of piperazine rings is 1. The average molecular weight is 571 g/mol. The molecule has 9 heteroatoms. The normalized spacial score (nSPS) is 29.4. The minimum atomic E-state index is -0.0184. The van der Waals surface area contributed by atoms with Crippen LogP contribution in [0.15, 0.2) is 58.3 Å². The van der Waals surface area contributed by atoms with E-state index in [1.807, 2.05) is 53.1 Å². The van der Waals surface area contributed by atoms with Crippen LogP contribution in [0.3, 0.4) is 0 Å². The summed E-state index contributed by atoms with van der Waals surface area (Å²) >= 11 is 9.91. The van der Waals surface area contributed by atoms with E-state index in [0.29, 0.717) is 11.4 Å². The number of thioether (sulfide) groups is 2. The highest BCUT2D eigenvalue weighted by molar-refractivity contribution is 8.01. The molecule has 5 heterocycles. The summed E-state index contributed by atoms with van der Waals surface area (Å²) in [5.41, 5.74) is 1.71. The number of alkyl halides is 1. The molecule has 3 saturated heterocycles. The Morgan fingerprint density at radius 3 is 1.87 bits per heavy atom. The zero-order chi connectivity index (χ0) is 26.2. The molecular formula is C29H35ClN4O2S2. The molecule has 6 nitrogen and oxygen atoms in total. The van der Waals surface area contributed by atoms with E-state index in [1.54, 1.807) is 11.8 Å². The highest BCUT2D eigenvalue weighted by atomic mass is 35.5. The molecule has 5 aliphatic heterocycles. The Balaban J connectivity index is 0.000000146. The molecule has 38 heavy (non-hydrogen) atoms. The fourth-order valence-corrected chi connectivity index (χ4v) is 9.43. The van der Waals surface area contributed by atoms with Crippen molar-refractivity contribution in [3.8, 4) is 0 Å². The van der Waals surface area contributed by atoms with Crippen molar-refractivity contribution in [2.24, 2.45) is 0 Å². The van der Waals surface area contributed by atoms with Gasteiger partial charge in [-0.15, -0.1) is 35.1 Å². The van der Waals surface area contributed by atoms with Crippen molar-refractivity contribution >= 4 is 46.9 Å². The van der Waals surface area contributed by atoms with Gasteiger partial charge in [-0.3, -0.25) is 14.5 Å². The van der Waals surface area contributed by atoms with Gasteiger partial charge in [0.1, 0.15) is 4.71 Å². The van der Waals surface area contributed by atoms with Crippen LogP contribution in [0.25, 0.3) is 0 Å². The molecule has 7 rings (SSSR count). The maximum atomic E-state index is 12.9. The van der Waals surface area contributed by atoms with E-state index < -0.39 is 0 Å². The van der Waals surface area contributed by atoms with Gasteiger partial charge < -0.3 is 14.7 Å². The quantitative estimate of drug-likeness (QED) is 0.453. The average Bonchev–Trinajstić information content (AvgIpc) is 3.59.